The van der Waals surface area contributed by atoms with Gasteiger partial charge in [0.2, 0.25) is 12.1 Å². The number of aromatic nitrogens is 3. The fourth-order valence-corrected chi connectivity index (χ4v) is 3.08. The molecule has 142 valence electrons. The summed E-state index contributed by atoms with van der Waals surface area (Å²) in [7, 11) is 0. The van der Waals surface area contributed by atoms with E-state index in [2.05, 4.69) is 5.10 Å². The number of rotatable bonds is 7. The van der Waals surface area contributed by atoms with Crippen molar-refractivity contribution in [1.82, 2.24) is 9.78 Å². The van der Waals surface area contributed by atoms with Crippen LogP contribution in [0.1, 0.15) is 19.0 Å². The summed E-state index contributed by atoms with van der Waals surface area (Å²) in [6, 6.07) is 3.29. The normalized spacial score (nSPS) is 11.6. The van der Waals surface area contributed by atoms with Crippen LogP contribution in [0.25, 0.3) is 5.69 Å². The average molecular weight is 388 g/mol. The van der Waals surface area contributed by atoms with Crippen LogP contribution in [-0.4, -0.2) is 39.9 Å². The molecule has 1 amide bonds. The van der Waals surface area contributed by atoms with Crippen LogP contribution in [0.3, 0.4) is 0 Å². The van der Waals surface area contributed by atoms with Gasteiger partial charge in [0.1, 0.15) is 5.69 Å². The topological polar surface area (TPSA) is 65.1 Å². The summed E-state index contributed by atoms with van der Waals surface area (Å²) in [6.45, 7) is 3.88. The monoisotopic (exact) mass is 388 g/mol. The number of nitrogens with zero attached hydrogens (tertiary/aromatic N) is 4. The van der Waals surface area contributed by atoms with Gasteiger partial charge in [-0.3, -0.25) is 4.79 Å². The summed E-state index contributed by atoms with van der Waals surface area (Å²) >= 11 is 0.689. The Morgan fingerprint density at radius 1 is 1.46 bits per heavy atom. The molecule has 2 aromatic rings. The van der Waals surface area contributed by atoms with Gasteiger partial charge in [-0.1, -0.05) is 0 Å². The maximum absolute atomic E-state index is 12.4. The molecule has 0 fully saturated rings. The molecule has 0 atom stereocenters. The maximum Gasteiger partial charge on any atom is 0.397 e. The lowest BCUT2D eigenvalue weighted by Gasteiger charge is -2.20. The number of thioether (sulfide) groups is 1. The Labute approximate surface area is 153 Å². The second-order valence-electron chi connectivity index (χ2n) is 5.52. The Kier molecular flexibility index (Phi) is 6.52. The first-order chi connectivity index (χ1) is 12.2. The van der Waals surface area contributed by atoms with Crippen LogP contribution in [0.5, 0.6) is 0 Å². The molecule has 0 radical (unpaired) electrons. The number of carbonyl (C=O) groups excluding carboxylic acids is 1. The summed E-state index contributed by atoms with van der Waals surface area (Å²) in [5, 5.41) is 15.7. The van der Waals surface area contributed by atoms with Gasteiger partial charge in [-0.2, -0.15) is 34.8 Å². The number of alkyl halides is 3. The molecule has 6 nitrogen and oxygen atoms in total. The number of amides is 1. The molecule has 10 heteroatoms. The summed E-state index contributed by atoms with van der Waals surface area (Å²) in [6.07, 6.45) is 0.105. The zero-order chi connectivity index (χ0) is 19.3. The van der Waals surface area contributed by atoms with Gasteiger partial charge in [0.05, 0.1) is 23.3 Å². The van der Waals surface area contributed by atoms with Crippen LogP contribution in [0.4, 0.5) is 18.9 Å². The van der Waals surface area contributed by atoms with Gasteiger partial charge in [0.15, 0.2) is 6.20 Å². The molecular formula is C16H19F3N4O2S. The van der Waals surface area contributed by atoms with Gasteiger partial charge in [-0.25, -0.2) is 4.68 Å². The van der Waals surface area contributed by atoms with E-state index in [4.69, 9.17) is 0 Å². The fourth-order valence-electron chi connectivity index (χ4n) is 2.39. The number of pyridine rings is 1. The average Bonchev–Trinajstić information content (AvgIpc) is 2.93. The third-order valence-corrected chi connectivity index (χ3v) is 4.56. The molecule has 0 aliphatic heterocycles. The van der Waals surface area contributed by atoms with E-state index in [9.17, 15) is 23.2 Å². The van der Waals surface area contributed by atoms with E-state index < -0.39 is 11.9 Å². The summed E-state index contributed by atoms with van der Waals surface area (Å²) < 4.78 is 38.6. The number of hydrogen-bond acceptors (Lipinski definition) is 4. The van der Waals surface area contributed by atoms with Crippen molar-refractivity contribution in [3.8, 4) is 5.69 Å². The predicted octanol–water partition coefficient (Wildman–Crippen LogP) is 2.85. The molecule has 0 aliphatic rings. The standard InChI is InChI=1S/C16H19F3N4O2S/c1-3-22(15(24)6-8-26-11-16(17,18)19)14-10-23(20-12(14)2)13-5-4-7-21(25)9-13/h4-5,7,9-10H,3,6,8,11H2,1-2H3. The van der Waals surface area contributed by atoms with Crippen molar-refractivity contribution < 1.29 is 22.7 Å². The first-order valence-electron chi connectivity index (χ1n) is 7.91. The lowest BCUT2D eigenvalue weighted by molar-refractivity contribution is -0.605. The second-order valence-corrected chi connectivity index (χ2v) is 6.63. The third-order valence-electron chi connectivity index (χ3n) is 3.53. The minimum Gasteiger partial charge on any atom is -0.619 e. The van der Waals surface area contributed by atoms with Gasteiger partial charge >= 0.3 is 6.18 Å². The quantitative estimate of drug-likeness (QED) is 0.416. The van der Waals surface area contributed by atoms with E-state index in [0.29, 0.717) is 40.1 Å². The van der Waals surface area contributed by atoms with Crippen LogP contribution < -0.4 is 9.63 Å². The van der Waals surface area contributed by atoms with Gasteiger partial charge in [-0.15, -0.1) is 0 Å². The summed E-state index contributed by atoms with van der Waals surface area (Å²) in [5.41, 5.74) is 1.70. The number of carbonyl (C=O) groups is 1. The summed E-state index contributed by atoms with van der Waals surface area (Å²) in [4.78, 5) is 13.9. The molecule has 0 aliphatic carbocycles. The Morgan fingerprint density at radius 2 is 2.19 bits per heavy atom. The molecule has 2 aromatic heterocycles. The van der Waals surface area contributed by atoms with Crippen molar-refractivity contribution in [2.24, 2.45) is 0 Å². The van der Waals surface area contributed by atoms with Gasteiger partial charge in [0.25, 0.3) is 0 Å². The highest BCUT2D eigenvalue weighted by molar-refractivity contribution is 7.99. The molecule has 0 spiro atoms. The predicted molar refractivity (Wildman–Crippen MR) is 93.3 cm³/mol. The minimum atomic E-state index is -4.23. The van der Waals surface area contributed by atoms with E-state index in [0.717, 1.165) is 0 Å². The van der Waals surface area contributed by atoms with Crippen molar-refractivity contribution in [2.75, 3.05) is 23.0 Å². The SMILES string of the molecule is CCN(C(=O)CCSCC(F)(F)F)c1cn(-c2ccc[n+]([O-])c2)nc1C. The first kappa shape index (κ1) is 20.1. The lowest BCUT2D eigenvalue weighted by atomic mass is 10.3. The van der Waals surface area contributed by atoms with Gasteiger partial charge < -0.3 is 10.1 Å². The van der Waals surface area contributed by atoms with Crippen molar-refractivity contribution in [3.05, 3.63) is 41.6 Å². The smallest absolute Gasteiger partial charge is 0.397 e. The molecule has 0 N–H and O–H groups in total. The molecule has 0 aromatic carbocycles. The van der Waals surface area contributed by atoms with Crippen LogP contribution >= 0.6 is 11.8 Å². The third kappa shape index (κ3) is 5.38. The van der Waals surface area contributed by atoms with Gasteiger partial charge in [-0.05, 0) is 19.9 Å². The highest BCUT2D eigenvalue weighted by atomic mass is 32.2. The van der Waals surface area contributed by atoms with E-state index in [1.807, 2.05) is 0 Å². The molecule has 0 unspecified atom stereocenters. The lowest BCUT2D eigenvalue weighted by Crippen LogP contribution is -2.31. The van der Waals surface area contributed by atoms with Crippen LogP contribution in [0.2, 0.25) is 0 Å². The molecule has 0 bridgehead atoms. The molecule has 26 heavy (non-hydrogen) atoms. The number of hydrogen-bond donors (Lipinski definition) is 0. The fraction of sp³-hybridized carbons (Fsp3) is 0.438. The summed E-state index contributed by atoms with van der Waals surface area (Å²) in [5.74, 6) is -1.14. The molecule has 2 heterocycles. The Balaban J connectivity index is 2.08. The van der Waals surface area contributed by atoms with E-state index in [-0.39, 0.29) is 18.1 Å². The van der Waals surface area contributed by atoms with Crippen LogP contribution in [-0.2, 0) is 4.79 Å². The molecule has 0 saturated heterocycles. The molecule has 2 rings (SSSR count). The zero-order valence-electron chi connectivity index (χ0n) is 14.4. The number of halogens is 3. The number of aryl methyl sites for hydroxylation is 1. The van der Waals surface area contributed by atoms with Crippen molar-refractivity contribution in [3.63, 3.8) is 0 Å². The number of anilines is 1. The van der Waals surface area contributed by atoms with Crippen LogP contribution in [0.15, 0.2) is 30.7 Å². The van der Waals surface area contributed by atoms with Crippen molar-refractivity contribution in [2.45, 2.75) is 26.4 Å². The first-order valence-corrected chi connectivity index (χ1v) is 9.07. The Morgan fingerprint density at radius 3 is 2.81 bits per heavy atom. The zero-order valence-corrected chi connectivity index (χ0v) is 15.2. The highest BCUT2D eigenvalue weighted by Gasteiger charge is 2.27. The van der Waals surface area contributed by atoms with Crippen LogP contribution in [0, 0.1) is 12.1 Å². The Bertz CT molecular complexity index is 764. The molecule has 0 saturated carbocycles. The molecular weight excluding hydrogens is 369 g/mol. The van der Waals surface area contributed by atoms with Crippen molar-refractivity contribution >= 4 is 23.4 Å². The largest absolute Gasteiger partial charge is 0.619 e. The van der Waals surface area contributed by atoms with E-state index >= 15 is 0 Å². The van der Waals surface area contributed by atoms with E-state index in [1.165, 1.54) is 22.0 Å². The maximum atomic E-state index is 12.4. The van der Waals surface area contributed by atoms with E-state index in [1.54, 1.807) is 32.2 Å². The minimum absolute atomic E-state index is 0.00506. The Hall–Kier alpha value is -2.23. The highest BCUT2D eigenvalue weighted by Crippen LogP contribution is 2.24. The van der Waals surface area contributed by atoms with Gasteiger partial charge in [0, 0.05) is 24.8 Å². The second kappa shape index (κ2) is 8.43. The van der Waals surface area contributed by atoms with Crippen molar-refractivity contribution in [1.29, 1.82) is 0 Å².